The molecule has 0 aliphatic rings. The van der Waals surface area contributed by atoms with Crippen LogP contribution in [0.1, 0.15) is 5.56 Å². The zero-order chi connectivity index (χ0) is 15.0. The number of imidazole rings is 1. The van der Waals surface area contributed by atoms with E-state index < -0.39 is 0 Å². The van der Waals surface area contributed by atoms with Gasteiger partial charge in [0, 0.05) is 5.56 Å². The molecule has 2 aromatic carbocycles. The summed E-state index contributed by atoms with van der Waals surface area (Å²) in [4.78, 5) is 4.47. The molecule has 0 spiro atoms. The fourth-order valence-corrected chi connectivity index (χ4v) is 2.34. The van der Waals surface area contributed by atoms with Crippen LogP contribution < -0.4 is 9.47 Å². The fourth-order valence-electron chi connectivity index (χ4n) is 2.34. The average molecular weight is 284 g/mol. The van der Waals surface area contributed by atoms with Crippen molar-refractivity contribution in [2.45, 2.75) is 6.92 Å². The first-order chi connectivity index (χ1) is 10.1. The van der Waals surface area contributed by atoms with Crippen LogP contribution in [0.5, 0.6) is 11.5 Å². The van der Waals surface area contributed by atoms with E-state index >= 15 is 0 Å². The first-order valence-corrected chi connectivity index (χ1v) is 6.55. The summed E-state index contributed by atoms with van der Waals surface area (Å²) in [7, 11) is 3.16. The number of fused-ring (bicyclic) bond motifs is 1. The molecular weight excluding hydrogens is 268 g/mol. The Morgan fingerprint density at radius 3 is 2.48 bits per heavy atom. The summed E-state index contributed by atoms with van der Waals surface area (Å²) in [6.45, 7) is 1.97. The van der Waals surface area contributed by atoms with Gasteiger partial charge >= 0.3 is 0 Å². The summed E-state index contributed by atoms with van der Waals surface area (Å²) in [5.74, 6) is 1.70. The van der Waals surface area contributed by atoms with E-state index in [1.54, 1.807) is 26.4 Å². The molecule has 3 aromatic rings. The van der Waals surface area contributed by atoms with Gasteiger partial charge in [-0.1, -0.05) is 6.07 Å². The highest BCUT2D eigenvalue weighted by atomic mass is 16.5. The van der Waals surface area contributed by atoms with E-state index in [2.05, 4.69) is 4.98 Å². The number of ether oxygens (including phenoxy) is 2. The minimum atomic E-state index is 0.469. The van der Waals surface area contributed by atoms with Crippen molar-refractivity contribution in [3.8, 4) is 22.9 Å². The third-order valence-electron chi connectivity index (χ3n) is 3.43. The summed E-state index contributed by atoms with van der Waals surface area (Å²) in [5, 5.41) is 10.3. The molecule has 0 amide bonds. The molecule has 0 aliphatic heterocycles. The third kappa shape index (κ3) is 2.16. The van der Waals surface area contributed by atoms with Crippen LogP contribution >= 0.6 is 0 Å². The molecule has 108 valence electrons. The molecule has 0 radical (unpaired) electrons. The SMILES string of the molecule is COc1ccc(-c2nc3ccc(C)cc3n2O)cc1OC. The summed E-state index contributed by atoms with van der Waals surface area (Å²) < 4.78 is 11.6. The van der Waals surface area contributed by atoms with Crippen LogP contribution in [0.3, 0.4) is 0 Å². The Morgan fingerprint density at radius 1 is 1.00 bits per heavy atom. The van der Waals surface area contributed by atoms with Crippen molar-refractivity contribution < 1.29 is 14.7 Å². The van der Waals surface area contributed by atoms with Crippen molar-refractivity contribution in [2.24, 2.45) is 0 Å². The number of benzene rings is 2. The Morgan fingerprint density at radius 2 is 1.76 bits per heavy atom. The standard InChI is InChI=1S/C16H16N2O3/c1-10-4-6-12-13(8-10)18(19)16(17-12)11-5-7-14(20-2)15(9-11)21-3/h4-9,19H,1-3H3. The molecule has 0 saturated heterocycles. The molecule has 0 aliphatic carbocycles. The van der Waals surface area contributed by atoms with E-state index in [4.69, 9.17) is 9.47 Å². The smallest absolute Gasteiger partial charge is 0.176 e. The lowest BCUT2D eigenvalue weighted by Gasteiger charge is -2.09. The number of hydrogen-bond donors (Lipinski definition) is 1. The van der Waals surface area contributed by atoms with Crippen molar-refractivity contribution in [1.82, 2.24) is 9.71 Å². The van der Waals surface area contributed by atoms with Crippen LogP contribution in [0.4, 0.5) is 0 Å². The number of hydrogen-bond acceptors (Lipinski definition) is 4. The van der Waals surface area contributed by atoms with Crippen molar-refractivity contribution in [3.63, 3.8) is 0 Å². The minimum Gasteiger partial charge on any atom is -0.493 e. The van der Waals surface area contributed by atoms with Crippen LogP contribution in [0, 0.1) is 6.92 Å². The van der Waals surface area contributed by atoms with Crippen molar-refractivity contribution >= 4 is 11.0 Å². The van der Waals surface area contributed by atoms with Crippen LogP contribution in [0.15, 0.2) is 36.4 Å². The quantitative estimate of drug-likeness (QED) is 0.750. The van der Waals surface area contributed by atoms with Crippen LogP contribution in [0.2, 0.25) is 0 Å². The van der Waals surface area contributed by atoms with Gasteiger partial charge in [0.15, 0.2) is 17.3 Å². The van der Waals surface area contributed by atoms with Crippen molar-refractivity contribution in [3.05, 3.63) is 42.0 Å². The zero-order valence-corrected chi connectivity index (χ0v) is 12.1. The predicted molar refractivity (Wildman–Crippen MR) is 80.2 cm³/mol. The number of nitrogens with zero attached hydrogens (tertiary/aromatic N) is 2. The molecular formula is C16H16N2O3. The molecule has 0 atom stereocenters. The first kappa shape index (κ1) is 13.3. The normalized spacial score (nSPS) is 10.8. The highest BCUT2D eigenvalue weighted by molar-refractivity contribution is 5.81. The molecule has 1 aromatic heterocycles. The van der Waals surface area contributed by atoms with Crippen LogP contribution in [-0.2, 0) is 0 Å². The second-order valence-electron chi connectivity index (χ2n) is 4.81. The molecule has 5 heteroatoms. The minimum absolute atomic E-state index is 0.469. The van der Waals surface area contributed by atoms with E-state index in [1.165, 1.54) is 0 Å². The number of aryl methyl sites for hydroxylation is 1. The van der Waals surface area contributed by atoms with Gasteiger partial charge in [-0.25, -0.2) is 4.98 Å². The van der Waals surface area contributed by atoms with Gasteiger partial charge in [-0.15, -0.1) is 0 Å². The molecule has 5 nitrogen and oxygen atoms in total. The third-order valence-corrected chi connectivity index (χ3v) is 3.43. The summed E-state index contributed by atoms with van der Waals surface area (Å²) in [6, 6.07) is 11.2. The van der Waals surface area contributed by atoms with E-state index in [0.717, 1.165) is 21.4 Å². The van der Waals surface area contributed by atoms with Crippen LogP contribution in [0.25, 0.3) is 22.4 Å². The maximum atomic E-state index is 10.3. The van der Waals surface area contributed by atoms with E-state index in [0.29, 0.717) is 22.8 Å². The number of rotatable bonds is 3. The van der Waals surface area contributed by atoms with Crippen molar-refractivity contribution in [2.75, 3.05) is 14.2 Å². The molecule has 1 N–H and O–H groups in total. The highest BCUT2D eigenvalue weighted by Crippen LogP contribution is 2.32. The lowest BCUT2D eigenvalue weighted by molar-refractivity contribution is 0.203. The predicted octanol–water partition coefficient (Wildman–Crippen LogP) is 3.27. The zero-order valence-electron chi connectivity index (χ0n) is 12.1. The molecule has 1 heterocycles. The van der Waals surface area contributed by atoms with Gasteiger partial charge in [0.1, 0.15) is 5.52 Å². The second-order valence-corrected chi connectivity index (χ2v) is 4.81. The maximum absolute atomic E-state index is 10.3. The maximum Gasteiger partial charge on any atom is 0.176 e. The van der Waals surface area contributed by atoms with Gasteiger partial charge in [0.2, 0.25) is 0 Å². The van der Waals surface area contributed by atoms with Crippen LogP contribution in [-0.4, -0.2) is 29.1 Å². The summed E-state index contributed by atoms with van der Waals surface area (Å²) in [5.41, 5.74) is 3.24. The topological polar surface area (TPSA) is 56.5 Å². The lowest BCUT2D eigenvalue weighted by atomic mass is 10.2. The Bertz CT molecular complexity index is 809. The monoisotopic (exact) mass is 284 g/mol. The summed E-state index contributed by atoms with van der Waals surface area (Å²) in [6.07, 6.45) is 0. The van der Waals surface area contributed by atoms with Gasteiger partial charge in [0.05, 0.1) is 19.7 Å². The largest absolute Gasteiger partial charge is 0.493 e. The molecule has 0 saturated carbocycles. The number of methoxy groups -OCH3 is 2. The fraction of sp³-hybridized carbons (Fsp3) is 0.188. The molecule has 21 heavy (non-hydrogen) atoms. The van der Waals surface area contributed by atoms with Gasteiger partial charge < -0.3 is 14.7 Å². The number of aromatic nitrogens is 2. The van der Waals surface area contributed by atoms with Crippen molar-refractivity contribution in [1.29, 1.82) is 0 Å². The molecule has 0 unspecified atom stereocenters. The van der Waals surface area contributed by atoms with Gasteiger partial charge in [0.25, 0.3) is 0 Å². The van der Waals surface area contributed by atoms with E-state index in [-0.39, 0.29) is 0 Å². The van der Waals surface area contributed by atoms with E-state index in [1.807, 2.05) is 31.2 Å². The average Bonchev–Trinajstić information content (AvgIpc) is 2.83. The molecule has 3 rings (SSSR count). The van der Waals surface area contributed by atoms with E-state index in [9.17, 15) is 5.21 Å². The Labute approximate surface area is 122 Å². The second kappa shape index (κ2) is 5.01. The van der Waals surface area contributed by atoms with Gasteiger partial charge in [-0.3, -0.25) is 0 Å². The Kier molecular flexibility index (Phi) is 3.17. The Hall–Kier alpha value is -2.69. The Balaban J connectivity index is 2.18. The molecule has 0 bridgehead atoms. The first-order valence-electron chi connectivity index (χ1n) is 6.55. The summed E-state index contributed by atoms with van der Waals surface area (Å²) >= 11 is 0. The molecule has 0 fully saturated rings. The van der Waals surface area contributed by atoms with Gasteiger partial charge in [-0.05, 0) is 42.8 Å². The van der Waals surface area contributed by atoms with Gasteiger partial charge in [-0.2, -0.15) is 4.73 Å². The highest BCUT2D eigenvalue weighted by Gasteiger charge is 2.14. The lowest BCUT2D eigenvalue weighted by Crippen LogP contribution is -1.96.